The lowest BCUT2D eigenvalue weighted by molar-refractivity contribution is 0.0950. The fourth-order valence-corrected chi connectivity index (χ4v) is 2.23. The van der Waals surface area contributed by atoms with E-state index < -0.39 is 5.82 Å². The third kappa shape index (κ3) is 5.11. The maximum Gasteiger partial charge on any atom is 0.251 e. The van der Waals surface area contributed by atoms with Crippen LogP contribution in [-0.2, 0) is 6.54 Å². The van der Waals surface area contributed by atoms with Crippen molar-refractivity contribution in [2.24, 2.45) is 0 Å². The number of carbonyl (C=O) groups is 1. The van der Waals surface area contributed by atoms with Crippen LogP contribution >= 0.6 is 0 Å². The molecule has 0 fully saturated rings. The minimum Gasteiger partial charge on any atom is -0.497 e. The lowest BCUT2D eigenvalue weighted by atomic mass is 10.1. The first-order valence-corrected chi connectivity index (χ1v) is 7.89. The number of halogens is 1. The average Bonchev–Trinajstić information content (AvgIpc) is 2.60. The zero-order valence-electron chi connectivity index (χ0n) is 14.8. The molecular weight excluding hydrogens is 325 g/mol. The van der Waals surface area contributed by atoms with Crippen LogP contribution in [0.25, 0.3) is 0 Å². The Morgan fingerprint density at radius 3 is 2.24 bits per heavy atom. The summed E-state index contributed by atoms with van der Waals surface area (Å²) in [7, 11) is 3.03. The van der Waals surface area contributed by atoms with Crippen LogP contribution < -0.4 is 19.5 Å². The highest BCUT2D eigenvalue weighted by atomic mass is 19.1. The topological polar surface area (TPSA) is 56.8 Å². The Morgan fingerprint density at radius 2 is 1.72 bits per heavy atom. The molecule has 2 aromatic rings. The van der Waals surface area contributed by atoms with Crippen LogP contribution in [0.2, 0.25) is 0 Å². The molecule has 2 aromatic carbocycles. The molecule has 5 nitrogen and oxygen atoms in total. The van der Waals surface area contributed by atoms with Crippen molar-refractivity contribution in [2.45, 2.75) is 26.5 Å². The monoisotopic (exact) mass is 347 g/mol. The van der Waals surface area contributed by atoms with E-state index in [1.165, 1.54) is 20.3 Å². The first kappa shape index (κ1) is 18.6. The van der Waals surface area contributed by atoms with Gasteiger partial charge in [-0.2, -0.15) is 0 Å². The number of nitrogens with one attached hydrogen (secondary N) is 1. The lowest BCUT2D eigenvalue weighted by Gasteiger charge is -2.12. The van der Waals surface area contributed by atoms with Gasteiger partial charge in [-0.3, -0.25) is 4.79 Å². The van der Waals surface area contributed by atoms with Gasteiger partial charge in [-0.25, -0.2) is 4.39 Å². The molecule has 134 valence electrons. The predicted octanol–water partition coefficient (Wildman–Crippen LogP) is 3.56. The maximum atomic E-state index is 14.0. The van der Waals surface area contributed by atoms with Crippen LogP contribution in [-0.4, -0.2) is 26.2 Å². The molecule has 25 heavy (non-hydrogen) atoms. The van der Waals surface area contributed by atoms with Gasteiger partial charge in [0.2, 0.25) is 0 Å². The molecule has 0 aliphatic heterocycles. The van der Waals surface area contributed by atoms with E-state index >= 15 is 0 Å². The van der Waals surface area contributed by atoms with Crippen molar-refractivity contribution in [3.63, 3.8) is 0 Å². The molecule has 0 aliphatic rings. The van der Waals surface area contributed by atoms with Crippen LogP contribution in [0, 0.1) is 5.82 Å². The normalized spacial score (nSPS) is 10.5. The third-order valence-corrected chi connectivity index (χ3v) is 3.43. The van der Waals surface area contributed by atoms with Crippen molar-refractivity contribution in [3.05, 3.63) is 53.3 Å². The number of ether oxygens (including phenoxy) is 3. The number of methoxy groups -OCH3 is 2. The molecule has 1 amide bonds. The Balaban J connectivity index is 2.06. The lowest BCUT2D eigenvalue weighted by Crippen LogP contribution is -2.23. The van der Waals surface area contributed by atoms with E-state index in [2.05, 4.69) is 5.32 Å². The van der Waals surface area contributed by atoms with Crippen molar-refractivity contribution in [1.29, 1.82) is 0 Å². The van der Waals surface area contributed by atoms with E-state index in [1.807, 2.05) is 13.8 Å². The highest BCUT2D eigenvalue weighted by Gasteiger charge is 2.11. The van der Waals surface area contributed by atoms with Gasteiger partial charge in [-0.05, 0) is 43.7 Å². The van der Waals surface area contributed by atoms with Crippen molar-refractivity contribution in [2.75, 3.05) is 14.2 Å². The van der Waals surface area contributed by atoms with Crippen LogP contribution in [0.1, 0.15) is 29.8 Å². The zero-order valence-corrected chi connectivity index (χ0v) is 14.8. The van der Waals surface area contributed by atoms with Crippen molar-refractivity contribution < 1.29 is 23.4 Å². The van der Waals surface area contributed by atoms with Gasteiger partial charge in [-0.15, -0.1) is 0 Å². The van der Waals surface area contributed by atoms with Gasteiger partial charge in [0.05, 0.1) is 20.3 Å². The summed E-state index contributed by atoms with van der Waals surface area (Å²) < 4.78 is 29.6. The largest absolute Gasteiger partial charge is 0.497 e. The Bertz CT molecular complexity index is 724. The van der Waals surface area contributed by atoms with Crippen LogP contribution in [0.5, 0.6) is 17.2 Å². The van der Waals surface area contributed by atoms with Crippen LogP contribution in [0.4, 0.5) is 4.39 Å². The first-order valence-electron chi connectivity index (χ1n) is 7.89. The van der Waals surface area contributed by atoms with E-state index in [9.17, 15) is 9.18 Å². The molecule has 0 saturated heterocycles. The fourth-order valence-electron chi connectivity index (χ4n) is 2.23. The van der Waals surface area contributed by atoms with Gasteiger partial charge in [-0.1, -0.05) is 6.07 Å². The summed E-state index contributed by atoms with van der Waals surface area (Å²) in [6.45, 7) is 3.85. The molecule has 0 aliphatic carbocycles. The standard InChI is InChI=1S/C19H22FNO4/c1-12(2)25-18-6-5-13(7-17(18)20)11-21-19(22)14-8-15(23-3)10-16(9-14)24-4/h5-10,12H,11H2,1-4H3,(H,21,22). The van der Waals surface area contributed by atoms with E-state index in [1.54, 1.807) is 30.3 Å². The van der Waals surface area contributed by atoms with E-state index in [0.29, 0.717) is 22.6 Å². The van der Waals surface area contributed by atoms with Crippen LogP contribution in [0.15, 0.2) is 36.4 Å². The highest BCUT2D eigenvalue weighted by Crippen LogP contribution is 2.23. The van der Waals surface area contributed by atoms with Crippen LogP contribution in [0.3, 0.4) is 0 Å². The number of carbonyl (C=O) groups excluding carboxylic acids is 1. The molecule has 0 radical (unpaired) electrons. The molecule has 0 atom stereocenters. The molecule has 0 aromatic heterocycles. The second-order valence-corrected chi connectivity index (χ2v) is 5.72. The molecule has 0 unspecified atom stereocenters. The number of hydrogen-bond donors (Lipinski definition) is 1. The van der Waals surface area contributed by atoms with Crippen molar-refractivity contribution >= 4 is 5.91 Å². The van der Waals surface area contributed by atoms with E-state index in [4.69, 9.17) is 14.2 Å². The first-order chi connectivity index (χ1) is 11.9. The number of amides is 1. The molecule has 6 heteroatoms. The highest BCUT2D eigenvalue weighted by molar-refractivity contribution is 5.95. The minimum absolute atomic E-state index is 0.108. The molecule has 0 spiro atoms. The summed E-state index contributed by atoms with van der Waals surface area (Å²) in [5.74, 6) is 0.475. The van der Waals surface area contributed by atoms with Crippen molar-refractivity contribution in [3.8, 4) is 17.2 Å². The molecule has 0 bridgehead atoms. The van der Waals surface area contributed by atoms with Gasteiger partial charge >= 0.3 is 0 Å². The van der Waals surface area contributed by atoms with E-state index in [0.717, 1.165) is 0 Å². The second-order valence-electron chi connectivity index (χ2n) is 5.72. The average molecular weight is 347 g/mol. The summed E-state index contributed by atoms with van der Waals surface area (Å²) >= 11 is 0. The Kier molecular flexibility index (Phi) is 6.22. The molecule has 0 heterocycles. The minimum atomic E-state index is -0.455. The summed E-state index contributed by atoms with van der Waals surface area (Å²) in [6.07, 6.45) is -0.108. The zero-order chi connectivity index (χ0) is 18.4. The number of benzene rings is 2. The second kappa shape index (κ2) is 8.37. The van der Waals surface area contributed by atoms with Gasteiger partial charge in [0.1, 0.15) is 11.5 Å². The quantitative estimate of drug-likeness (QED) is 0.832. The Hall–Kier alpha value is -2.76. The molecule has 1 N–H and O–H groups in total. The predicted molar refractivity (Wildman–Crippen MR) is 92.9 cm³/mol. The molecule has 0 saturated carbocycles. The van der Waals surface area contributed by atoms with Gasteiger partial charge in [0.15, 0.2) is 11.6 Å². The molecule has 2 rings (SSSR count). The SMILES string of the molecule is COc1cc(OC)cc(C(=O)NCc2ccc(OC(C)C)c(F)c2)c1. The summed E-state index contributed by atoms with van der Waals surface area (Å²) in [4.78, 5) is 12.3. The smallest absolute Gasteiger partial charge is 0.251 e. The fraction of sp³-hybridized carbons (Fsp3) is 0.316. The third-order valence-electron chi connectivity index (χ3n) is 3.43. The molecular formula is C19H22FNO4. The Morgan fingerprint density at radius 1 is 1.08 bits per heavy atom. The number of rotatable bonds is 7. The van der Waals surface area contributed by atoms with Crippen molar-refractivity contribution in [1.82, 2.24) is 5.32 Å². The Labute approximate surface area is 146 Å². The van der Waals surface area contributed by atoms with Gasteiger partial charge in [0, 0.05) is 18.2 Å². The maximum absolute atomic E-state index is 14.0. The summed E-state index contributed by atoms with van der Waals surface area (Å²) in [5, 5.41) is 2.75. The number of hydrogen-bond acceptors (Lipinski definition) is 4. The van der Waals surface area contributed by atoms with Gasteiger partial charge < -0.3 is 19.5 Å². The summed E-state index contributed by atoms with van der Waals surface area (Å²) in [6, 6.07) is 9.53. The summed E-state index contributed by atoms with van der Waals surface area (Å²) in [5.41, 5.74) is 1.04. The van der Waals surface area contributed by atoms with Gasteiger partial charge in [0.25, 0.3) is 5.91 Å². The van der Waals surface area contributed by atoms with E-state index in [-0.39, 0.29) is 24.3 Å².